The Bertz CT molecular complexity index is 1860. The Balaban J connectivity index is 1.43. The van der Waals surface area contributed by atoms with Crippen LogP contribution in [0.2, 0.25) is 0 Å². The van der Waals surface area contributed by atoms with Gasteiger partial charge in [-0.3, -0.25) is 9.11 Å². The summed E-state index contributed by atoms with van der Waals surface area (Å²) < 4.78 is 66.4. The van der Waals surface area contributed by atoms with Gasteiger partial charge in [0.05, 0.1) is 39.9 Å². The van der Waals surface area contributed by atoms with Gasteiger partial charge in [0.1, 0.15) is 5.82 Å². The second-order valence-corrected chi connectivity index (χ2v) is 12.9. The maximum Gasteiger partial charge on any atom is 0.264 e. The van der Waals surface area contributed by atoms with Crippen LogP contribution in [-0.4, -0.2) is 56.5 Å². The highest BCUT2D eigenvalue weighted by molar-refractivity contribution is 7.86. The summed E-state index contributed by atoms with van der Waals surface area (Å²) in [5, 5.41) is 0. The molecule has 210 valence electrons. The molecule has 2 heterocycles. The fourth-order valence-corrected chi connectivity index (χ4v) is 6.02. The third-order valence-corrected chi connectivity index (χ3v) is 8.43. The van der Waals surface area contributed by atoms with E-state index in [2.05, 4.69) is 15.6 Å². The molecular weight excluding hydrogens is 552 g/mol. The fraction of sp³-hybridized carbons (Fsp3) is 0.286. The first-order valence-electron chi connectivity index (χ1n) is 13.0. The van der Waals surface area contributed by atoms with Crippen LogP contribution in [0.4, 0.5) is 0 Å². The van der Waals surface area contributed by atoms with Gasteiger partial charge in [-0.05, 0) is 61.1 Å². The van der Waals surface area contributed by atoms with Gasteiger partial charge in [0.15, 0.2) is 0 Å². The smallest absolute Gasteiger partial charge is 0.264 e. The van der Waals surface area contributed by atoms with Gasteiger partial charge in [-0.1, -0.05) is 42.5 Å². The molecule has 40 heavy (non-hydrogen) atoms. The molecule has 10 nitrogen and oxygen atoms in total. The summed E-state index contributed by atoms with van der Waals surface area (Å²) in [7, 11) is -7.96. The quantitative estimate of drug-likeness (QED) is 0.153. The number of rotatable bonds is 12. The molecule has 0 unspecified atom stereocenters. The van der Waals surface area contributed by atoms with Crippen LogP contribution in [0.5, 0.6) is 0 Å². The Kier molecular flexibility index (Phi) is 8.04. The summed E-state index contributed by atoms with van der Waals surface area (Å²) in [6, 6.07) is 21.9. The maximum absolute atomic E-state index is 11.2. The fourth-order valence-electron chi connectivity index (χ4n) is 4.88. The number of benzene rings is 3. The first-order valence-corrected chi connectivity index (χ1v) is 16.2. The van der Waals surface area contributed by atoms with E-state index in [4.69, 9.17) is 14.1 Å². The van der Waals surface area contributed by atoms with Gasteiger partial charge in [0.25, 0.3) is 20.2 Å². The second-order valence-electron chi connectivity index (χ2n) is 9.78. The monoisotopic (exact) mass is 582 g/mol. The number of aromatic nitrogens is 4. The van der Waals surface area contributed by atoms with Crippen molar-refractivity contribution >= 4 is 42.3 Å². The minimum atomic E-state index is -4.01. The summed E-state index contributed by atoms with van der Waals surface area (Å²) in [4.78, 5) is 9.41. The SMILES string of the molecule is O=S(=O)(O)CCCCn1cnc2cc(-c3ccc4nc(-c5ccccc5)n(CCCCS(=O)(=O)O)c4c3)ccc21. The number of hydrogen-bond acceptors (Lipinski definition) is 6. The zero-order chi connectivity index (χ0) is 28.3. The van der Waals surface area contributed by atoms with E-state index in [1.807, 2.05) is 65.2 Å². The molecule has 0 aliphatic rings. The third kappa shape index (κ3) is 6.76. The molecule has 0 spiro atoms. The Morgan fingerprint density at radius 2 is 1.30 bits per heavy atom. The summed E-state index contributed by atoms with van der Waals surface area (Å²) in [6.45, 7) is 1.14. The van der Waals surface area contributed by atoms with Crippen LogP contribution < -0.4 is 0 Å². The average Bonchev–Trinajstić information content (AvgIpc) is 3.49. The topological polar surface area (TPSA) is 144 Å². The number of hydrogen-bond donors (Lipinski definition) is 2. The summed E-state index contributed by atoms with van der Waals surface area (Å²) in [5.74, 6) is 0.261. The molecule has 0 aliphatic heterocycles. The van der Waals surface area contributed by atoms with Gasteiger partial charge in [0, 0.05) is 18.7 Å². The lowest BCUT2D eigenvalue weighted by molar-refractivity contribution is 0.476. The third-order valence-electron chi connectivity index (χ3n) is 6.82. The van der Waals surface area contributed by atoms with E-state index in [-0.39, 0.29) is 11.5 Å². The first kappa shape index (κ1) is 28.0. The Hall–Kier alpha value is -3.58. The first-order chi connectivity index (χ1) is 19.1. The summed E-state index contributed by atoms with van der Waals surface area (Å²) in [5.41, 5.74) is 6.42. The molecule has 2 N–H and O–H groups in total. The van der Waals surface area contributed by atoms with Crippen molar-refractivity contribution in [2.75, 3.05) is 11.5 Å². The summed E-state index contributed by atoms with van der Waals surface area (Å²) >= 11 is 0. The lowest BCUT2D eigenvalue weighted by Crippen LogP contribution is -2.06. The number of nitrogens with zero attached hydrogens (tertiary/aromatic N) is 4. The van der Waals surface area contributed by atoms with Crippen molar-refractivity contribution in [3.8, 4) is 22.5 Å². The Labute approximate surface area is 232 Å². The van der Waals surface area contributed by atoms with E-state index in [0.717, 1.165) is 44.6 Å². The van der Waals surface area contributed by atoms with Crippen LogP contribution in [0, 0.1) is 0 Å². The molecule has 5 rings (SSSR count). The highest BCUT2D eigenvalue weighted by Gasteiger charge is 2.15. The van der Waals surface area contributed by atoms with Gasteiger partial charge in [-0.15, -0.1) is 0 Å². The molecule has 0 fully saturated rings. The lowest BCUT2D eigenvalue weighted by atomic mass is 10.0. The van der Waals surface area contributed by atoms with Gasteiger partial charge in [0.2, 0.25) is 0 Å². The van der Waals surface area contributed by atoms with Crippen molar-refractivity contribution in [2.24, 2.45) is 0 Å². The van der Waals surface area contributed by atoms with E-state index in [9.17, 15) is 16.8 Å². The molecule has 0 aliphatic carbocycles. The van der Waals surface area contributed by atoms with Gasteiger partial charge in [-0.2, -0.15) is 16.8 Å². The molecule has 3 aromatic carbocycles. The molecule has 12 heteroatoms. The molecule has 0 atom stereocenters. The molecule has 0 saturated heterocycles. The van der Waals surface area contributed by atoms with Crippen LogP contribution in [0.3, 0.4) is 0 Å². The Morgan fingerprint density at radius 3 is 2.00 bits per heavy atom. The second kappa shape index (κ2) is 11.5. The van der Waals surface area contributed by atoms with Crippen molar-refractivity contribution < 1.29 is 25.9 Å². The minimum Gasteiger partial charge on any atom is -0.331 e. The molecule has 2 aromatic heterocycles. The number of unbranched alkanes of at least 4 members (excludes halogenated alkanes) is 2. The van der Waals surface area contributed by atoms with Crippen molar-refractivity contribution in [1.29, 1.82) is 0 Å². The normalized spacial score (nSPS) is 12.4. The molecule has 0 saturated carbocycles. The van der Waals surface area contributed by atoms with Crippen molar-refractivity contribution in [1.82, 2.24) is 19.1 Å². The van der Waals surface area contributed by atoms with E-state index in [0.29, 0.717) is 38.8 Å². The van der Waals surface area contributed by atoms with Crippen LogP contribution in [0.25, 0.3) is 44.6 Å². The molecule has 0 bridgehead atoms. The lowest BCUT2D eigenvalue weighted by Gasteiger charge is -2.10. The maximum atomic E-state index is 11.2. The average molecular weight is 583 g/mol. The van der Waals surface area contributed by atoms with Crippen LogP contribution in [0.15, 0.2) is 73.1 Å². The number of fused-ring (bicyclic) bond motifs is 2. The predicted molar refractivity (Wildman–Crippen MR) is 155 cm³/mol. The van der Waals surface area contributed by atoms with Crippen LogP contribution >= 0.6 is 0 Å². The molecule has 0 amide bonds. The van der Waals surface area contributed by atoms with Crippen molar-refractivity contribution in [3.05, 3.63) is 73.1 Å². The number of aryl methyl sites for hydroxylation is 2. The highest BCUT2D eigenvalue weighted by Crippen LogP contribution is 2.31. The zero-order valence-electron chi connectivity index (χ0n) is 21.7. The Morgan fingerprint density at radius 1 is 0.650 bits per heavy atom. The van der Waals surface area contributed by atoms with Crippen molar-refractivity contribution in [3.63, 3.8) is 0 Å². The largest absolute Gasteiger partial charge is 0.331 e. The molecule has 5 aromatic rings. The summed E-state index contributed by atoms with van der Waals surface area (Å²) in [6.07, 6.45) is 3.59. The van der Waals surface area contributed by atoms with E-state index in [1.54, 1.807) is 6.33 Å². The van der Waals surface area contributed by atoms with Crippen molar-refractivity contribution in [2.45, 2.75) is 38.8 Å². The van der Waals surface area contributed by atoms with Gasteiger partial charge >= 0.3 is 0 Å². The predicted octanol–water partition coefficient (Wildman–Crippen LogP) is 5.06. The molecular formula is C28H30N4O6S2. The zero-order valence-corrected chi connectivity index (χ0v) is 23.4. The standard InChI is InChI=1S/C28H30N4O6S2/c33-39(34,35)16-6-4-14-31-20-29-25-18-22(11-13-26(25)31)23-10-12-24-27(19-23)32(15-5-7-17-40(36,37)38)28(30-24)21-8-2-1-3-9-21/h1-3,8-13,18-20H,4-7,14-17H2,(H,33,34,35)(H,36,37,38). The van der Waals surface area contributed by atoms with E-state index < -0.39 is 20.2 Å². The van der Waals surface area contributed by atoms with Gasteiger partial charge < -0.3 is 9.13 Å². The minimum absolute atomic E-state index is 0.255. The van der Waals surface area contributed by atoms with Crippen LogP contribution in [0.1, 0.15) is 25.7 Å². The van der Waals surface area contributed by atoms with E-state index >= 15 is 0 Å². The van der Waals surface area contributed by atoms with Crippen LogP contribution in [-0.2, 0) is 33.3 Å². The molecule has 0 radical (unpaired) electrons. The van der Waals surface area contributed by atoms with Gasteiger partial charge in [-0.25, -0.2) is 9.97 Å². The number of imidazole rings is 2. The highest BCUT2D eigenvalue weighted by atomic mass is 32.2. The van der Waals surface area contributed by atoms with E-state index in [1.165, 1.54) is 0 Å².